The first kappa shape index (κ1) is 13.6. The first-order chi connectivity index (χ1) is 8.93. The molecule has 0 unspecified atom stereocenters. The van der Waals surface area contributed by atoms with E-state index in [4.69, 9.17) is 9.84 Å². The van der Waals surface area contributed by atoms with Crippen LogP contribution in [0.5, 0.6) is 5.75 Å². The van der Waals surface area contributed by atoms with Crippen LogP contribution in [0.25, 0.3) is 0 Å². The van der Waals surface area contributed by atoms with Crippen molar-refractivity contribution < 1.29 is 23.1 Å². The lowest BCUT2D eigenvalue weighted by Crippen LogP contribution is -2.47. The van der Waals surface area contributed by atoms with Crippen LogP contribution in [0.3, 0.4) is 0 Å². The van der Waals surface area contributed by atoms with E-state index in [9.17, 15) is 13.2 Å². The number of likely N-dealkylation sites (N-methyl/N-ethyl adjacent to an activating group) is 1. The molecule has 1 aromatic carbocycles. The van der Waals surface area contributed by atoms with Crippen molar-refractivity contribution in [3.63, 3.8) is 0 Å². The van der Waals surface area contributed by atoms with Gasteiger partial charge >= 0.3 is 16.2 Å². The number of rotatable bonds is 4. The van der Waals surface area contributed by atoms with E-state index in [1.54, 1.807) is 24.3 Å². The molecule has 0 atom stereocenters. The summed E-state index contributed by atoms with van der Waals surface area (Å²) < 4.78 is 32.0. The second-order valence-corrected chi connectivity index (χ2v) is 6.01. The number of benzene rings is 1. The van der Waals surface area contributed by atoms with E-state index in [-0.39, 0.29) is 13.2 Å². The molecule has 0 aliphatic carbocycles. The van der Waals surface area contributed by atoms with E-state index >= 15 is 0 Å². The Balaban J connectivity index is 2.35. The van der Waals surface area contributed by atoms with E-state index < -0.39 is 22.7 Å². The number of para-hydroxylation sites is 2. The largest absolute Gasteiger partial charge is 0.489 e. The van der Waals surface area contributed by atoms with Gasteiger partial charge in [-0.05, 0) is 12.1 Å². The highest BCUT2D eigenvalue weighted by atomic mass is 32.2. The lowest BCUT2D eigenvalue weighted by molar-refractivity contribution is -0.137. The van der Waals surface area contributed by atoms with Crippen molar-refractivity contribution in [1.82, 2.24) is 4.31 Å². The van der Waals surface area contributed by atoms with E-state index in [2.05, 4.69) is 0 Å². The van der Waals surface area contributed by atoms with E-state index in [0.29, 0.717) is 11.4 Å². The quantitative estimate of drug-likeness (QED) is 0.851. The van der Waals surface area contributed by atoms with Crippen LogP contribution < -0.4 is 9.04 Å². The van der Waals surface area contributed by atoms with Gasteiger partial charge in [0.25, 0.3) is 0 Å². The molecule has 7 nitrogen and oxygen atoms in total. The molecular weight excluding hydrogens is 272 g/mol. The van der Waals surface area contributed by atoms with Gasteiger partial charge in [-0.3, -0.25) is 9.10 Å². The fourth-order valence-corrected chi connectivity index (χ4v) is 3.14. The lowest BCUT2D eigenvalue weighted by Gasteiger charge is -2.32. The summed E-state index contributed by atoms with van der Waals surface area (Å²) in [6.07, 6.45) is 0. The maximum absolute atomic E-state index is 12.3. The van der Waals surface area contributed by atoms with E-state index in [0.717, 1.165) is 8.61 Å². The zero-order chi connectivity index (χ0) is 14.0. The van der Waals surface area contributed by atoms with Crippen LogP contribution >= 0.6 is 0 Å². The number of aliphatic carboxylic acids is 1. The first-order valence-electron chi connectivity index (χ1n) is 5.60. The van der Waals surface area contributed by atoms with Crippen molar-refractivity contribution in [2.24, 2.45) is 0 Å². The van der Waals surface area contributed by atoms with Gasteiger partial charge in [-0.2, -0.15) is 12.7 Å². The van der Waals surface area contributed by atoms with Crippen LogP contribution in [0.15, 0.2) is 24.3 Å². The van der Waals surface area contributed by atoms with Crippen molar-refractivity contribution in [1.29, 1.82) is 0 Å². The monoisotopic (exact) mass is 286 g/mol. The van der Waals surface area contributed by atoms with Crippen LogP contribution in [0.2, 0.25) is 0 Å². The van der Waals surface area contributed by atoms with Crippen molar-refractivity contribution in [3.8, 4) is 5.75 Å². The van der Waals surface area contributed by atoms with Gasteiger partial charge in [0.2, 0.25) is 0 Å². The summed E-state index contributed by atoms with van der Waals surface area (Å²) in [5.74, 6) is -0.728. The normalized spacial score (nSPS) is 14.9. The predicted molar refractivity (Wildman–Crippen MR) is 68.5 cm³/mol. The minimum Gasteiger partial charge on any atom is -0.489 e. The van der Waals surface area contributed by atoms with Gasteiger partial charge in [0.1, 0.15) is 18.9 Å². The highest BCUT2D eigenvalue weighted by molar-refractivity contribution is 7.90. The lowest BCUT2D eigenvalue weighted by atomic mass is 10.2. The third-order valence-electron chi connectivity index (χ3n) is 2.72. The molecule has 1 heterocycles. The second-order valence-electron chi connectivity index (χ2n) is 4.05. The summed E-state index contributed by atoms with van der Waals surface area (Å²) in [5, 5.41) is 8.69. The van der Waals surface area contributed by atoms with Gasteiger partial charge in [-0.15, -0.1) is 0 Å². The molecule has 0 saturated carbocycles. The minimum absolute atomic E-state index is 0.156. The molecule has 0 amide bonds. The minimum atomic E-state index is -3.86. The van der Waals surface area contributed by atoms with Crippen molar-refractivity contribution in [3.05, 3.63) is 24.3 Å². The number of hydrogen-bond donors (Lipinski definition) is 1. The summed E-state index contributed by atoms with van der Waals surface area (Å²) in [4.78, 5) is 10.6. The smallest absolute Gasteiger partial charge is 0.318 e. The summed E-state index contributed by atoms with van der Waals surface area (Å²) >= 11 is 0. The van der Waals surface area contributed by atoms with E-state index in [1.807, 2.05) is 0 Å². The van der Waals surface area contributed by atoms with Crippen LogP contribution in [-0.4, -0.2) is 50.5 Å². The standard InChI is InChI=1S/C11H14N2O5S/c1-12(8-11(14)15)19(16,17)13-6-7-18-10-5-3-2-4-9(10)13/h2-5H,6-8H2,1H3,(H,14,15). The number of hydrogen-bond acceptors (Lipinski definition) is 4. The average molecular weight is 286 g/mol. The molecule has 1 N–H and O–H groups in total. The van der Waals surface area contributed by atoms with Crippen LogP contribution in [0.1, 0.15) is 0 Å². The Morgan fingerprint density at radius 1 is 1.47 bits per heavy atom. The molecule has 0 fully saturated rings. The average Bonchev–Trinajstić information content (AvgIpc) is 2.37. The topological polar surface area (TPSA) is 87.2 Å². The van der Waals surface area contributed by atoms with Gasteiger partial charge in [0.05, 0.1) is 12.2 Å². The molecule has 1 aromatic rings. The van der Waals surface area contributed by atoms with Crippen LogP contribution in [-0.2, 0) is 15.0 Å². The Bertz CT molecular complexity index is 587. The number of ether oxygens (including phenoxy) is 1. The fourth-order valence-electron chi connectivity index (χ4n) is 1.82. The maximum atomic E-state index is 12.3. The predicted octanol–water partition coefficient (Wildman–Crippen LogP) is 0.147. The van der Waals surface area contributed by atoms with Gasteiger partial charge in [-0.25, -0.2) is 0 Å². The molecule has 19 heavy (non-hydrogen) atoms. The molecule has 104 valence electrons. The summed E-state index contributed by atoms with van der Waals surface area (Å²) in [6, 6.07) is 6.75. The van der Waals surface area contributed by atoms with Crippen molar-refractivity contribution >= 4 is 21.9 Å². The molecule has 0 spiro atoms. The highest BCUT2D eigenvalue weighted by Gasteiger charge is 2.32. The molecule has 1 aliphatic heterocycles. The van der Waals surface area contributed by atoms with Crippen LogP contribution in [0.4, 0.5) is 5.69 Å². The Hall–Kier alpha value is -1.80. The summed E-state index contributed by atoms with van der Waals surface area (Å²) in [6.45, 7) is -0.192. The maximum Gasteiger partial charge on any atom is 0.318 e. The molecule has 8 heteroatoms. The molecule has 0 radical (unpaired) electrons. The van der Waals surface area contributed by atoms with Gasteiger partial charge in [-0.1, -0.05) is 12.1 Å². The van der Waals surface area contributed by atoms with Gasteiger partial charge in [0, 0.05) is 7.05 Å². The number of carboxylic acids is 1. The highest BCUT2D eigenvalue weighted by Crippen LogP contribution is 2.33. The third-order valence-corrected chi connectivity index (χ3v) is 4.57. The SMILES string of the molecule is CN(CC(=O)O)S(=O)(=O)N1CCOc2ccccc21. The molecule has 0 bridgehead atoms. The fraction of sp³-hybridized carbons (Fsp3) is 0.364. The number of fused-ring (bicyclic) bond motifs is 1. The zero-order valence-corrected chi connectivity index (χ0v) is 11.1. The number of anilines is 1. The summed E-state index contributed by atoms with van der Waals surface area (Å²) in [5.41, 5.74) is 0.422. The van der Waals surface area contributed by atoms with Gasteiger partial charge < -0.3 is 9.84 Å². The van der Waals surface area contributed by atoms with Crippen molar-refractivity contribution in [2.45, 2.75) is 0 Å². The Labute approximate surface area is 111 Å². The number of nitrogens with zero attached hydrogens (tertiary/aromatic N) is 2. The third kappa shape index (κ3) is 2.64. The molecule has 0 aromatic heterocycles. The van der Waals surface area contributed by atoms with Crippen molar-refractivity contribution in [2.75, 3.05) is 31.0 Å². The van der Waals surface area contributed by atoms with Gasteiger partial charge in [0.15, 0.2) is 0 Å². The Morgan fingerprint density at radius 2 is 2.16 bits per heavy atom. The Kier molecular flexibility index (Phi) is 3.63. The number of carboxylic acid groups (broad SMARTS) is 1. The molecular formula is C11H14N2O5S. The molecule has 2 rings (SSSR count). The second kappa shape index (κ2) is 5.06. The zero-order valence-electron chi connectivity index (χ0n) is 10.3. The summed E-state index contributed by atoms with van der Waals surface area (Å²) in [7, 11) is -2.63. The van der Waals surface area contributed by atoms with E-state index in [1.165, 1.54) is 7.05 Å². The first-order valence-corrected chi connectivity index (χ1v) is 7.00. The van der Waals surface area contributed by atoms with Crippen LogP contribution in [0, 0.1) is 0 Å². The molecule has 1 aliphatic rings. The number of carbonyl (C=O) groups is 1. The molecule has 0 saturated heterocycles. The Morgan fingerprint density at radius 3 is 2.84 bits per heavy atom.